The van der Waals surface area contributed by atoms with Crippen molar-refractivity contribution in [1.29, 1.82) is 0 Å². The number of hydrogen-bond acceptors (Lipinski definition) is 2. The van der Waals surface area contributed by atoms with Crippen molar-refractivity contribution in [3.8, 4) is 5.75 Å². The highest BCUT2D eigenvalue weighted by atomic mass is 127. The van der Waals surface area contributed by atoms with Crippen LogP contribution in [-0.4, -0.2) is 6.10 Å². The van der Waals surface area contributed by atoms with E-state index in [4.69, 9.17) is 22.1 Å². The van der Waals surface area contributed by atoms with E-state index in [1.54, 1.807) is 0 Å². The molecule has 2 N–H and O–H groups in total. The highest BCUT2D eigenvalue weighted by Crippen LogP contribution is 2.31. The van der Waals surface area contributed by atoms with E-state index in [-0.39, 0.29) is 6.04 Å². The number of halogens is 2. The van der Waals surface area contributed by atoms with Crippen molar-refractivity contribution in [3.05, 3.63) is 62.2 Å². The lowest BCUT2D eigenvalue weighted by molar-refractivity contribution is 0.303. The fourth-order valence-electron chi connectivity index (χ4n) is 2.09. The minimum atomic E-state index is -0.191. The van der Waals surface area contributed by atoms with Gasteiger partial charge < -0.3 is 10.5 Å². The van der Waals surface area contributed by atoms with Crippen molar-refractivity contribution in [1.82, 2.24) is 0 Å². The van der Waals surface area contributed by atoms with Crippen LogP contribution in [-0.2, 0) is 0 Å². The maximum atomic E-state index is 6.38. The predicted molar refractivity (Wildman–Crippen MR) is 90.3 cm³/mol. The molecule has 3 rings (SSSR count). The molecule has 1 unspecified atom stereocenters. The van der Waals surface area contributed by atoms with Crippen LogP contribution in [0.4, 0.5) is 0 Å². The van der Waals surface area contributed by atoms with Gasteiger partial charge in [-0.25, -0.2) is 0 Å². The largest absolute Gasteiger partial charge is 0.490 e. The average Bonchev–Trinajstić information content (AvgIpc) is 3.25. The summed E-state index contributed by atoms with van der Waals surface area (Å²) in [6, 6.07) is 13.6. The van der Waals surface area contributed by atoms with Gasteiger partial charge in [0, 0.05) is 8.59 Å². The van der Waals surface area contributed by atoms with Crippen LogP contribution in [0.25, 0.3) is 0 Å². The molecule has 1 fully saturated rings. The first-order valence-corrected chi connectivity index (χ1v) is 8.06. The smallest absolute Gasteiger partial charge is 0.120 e. The Bertz CT molecular complexity index is 628. The molecule has 2 aromatic carbocycles. The molecule has 4 heteroatoms. The summed E-state index contributed by atoms with van der Waals surface area (Å²) < 4.78 is 6.94. The zero-order valence-electron chi connectivity index (χ0n) is 10.9. The zero-order chi connectivity index (χ0) is 14.1. The molecule has 0 bridgehead atoms. The summed E-state index contributed by atoms with van der Waals surface area (Å²) in [4.78, 5) is 0. The Hall–Kier alpha value is -0.780. The van der Waals surface area contributed by atoms with Crippen LogP contribution in [0.2, 0.25) is 5.02 Å². The van der Waals surface area contributed by atoms with Gasteiger partial charge in [0.1, 0.15) is 5.75 Å². The lowest BCUT2D eigenvalue weighted by Crippen LogP contribution is -2.13. The maximum Gasteiger partial charge on any atom is 0.120 e. The summed E-state index contributed by atoms with van der Waals surface area (Å²) in [5, 5.41) is 0.709. The minimum Gasteiger partial charge on any atom is -0.490 e. The van der Waals surface area contributed by atoms with Crippen LogP contribution in [0.1, 0.15) is 30.0 Å². The van der Waals surface area contributed by atoms with Crippen LogP contribution < -0.4 is 10.5 Å². The molecular formula is C16H15ClINO. The lowest BCUT2D eigenvalue weighted by atomic mass is 9.99. The second-order valence-electron chi connectivity index (χ2n) is 5.03. The molecule has 0 saturated heterocycles. The van der Waals surface area contributed by atoms with Gasteiger partial charge in [-0.3, -0.25) is 0 Å². The normalized spacial score (nSPS) is 15.9. The van der Waals surface area contributed by atoms with E-state index in [1.165, 1.54) is 0 Å². The first-order valence-electron chi connectivity index (χ1n) is 6.60. The Labute approximate surface area is 137 Å². The van der Waals surface area contributed by atoms with Gasteiger partial charge in [-0.1, -0.05) is 23.7 Å². The summed E-state index contributed by atoms with van der Waals surface area (Å²) in [7, 11) is 0. The molecule has 0 spiro atoms. The minimum absolute atomic E-state index is 0.191. The second-order valence-corrected chi connectivity index (χ2v) is 6.63. The predicted octanol–water partition coefficient (Wildman–Crippen LogP) is 4.53. The highest BCUT2D eigenvalue weighted by molar-refractivity contribution is 14.1. The second kappa shape index (κ2) is 5.92. The summed E-state index contributed by atoms with van der Waals surface area (Å²) in [6.45, 7) is 0. The molecule has 0 aliphatic heterocycles. The molecular weight excluding hydrogens is 385 g/mol. The molecule has 104 valence electrons. The number of benzene rings is 2. The average molecular weight is 400 g/mol. The van der Waals surface area contributed by atoms with E-state index >= 15 is 0 Å². The number of nitrogens with two attached hydrogens (primary N) is 1. The van der Waals surface area contributed by atoms with Crippen molar-refractivity contribution < 1.29 is 4.74 Å². The molecule has 0 amide bonds. The Morgan fingerprint density at radius 2 is 2.00 bits per heavy atom. The first kappa shape index (κ1) is 14.2. The van der Waals surface area contributed by atoms with E-state index in [1.807, 2.05) is 42.5 Å². The van der Waals surface area contributed by atoms with E-state index < -0.39 is 0 Å². The Kier molecular flexibility index (Phi) is 4.19. The third kappa shape index (κ3) is 3.27. The molecule has 1 aliphatic rings. The Morgan fingerprint density at radius 3 is 2.75 bits per heavy atom. The van der Waals surface area contributed by atoms with Gasteiger partial charge in [0.05, 0.1) is 12.1 Å². The van der Waals surface area contributed by atoms with Crippen molar-refractivity contribution in [2.75, 3.05) is 0 Å². The molecule has 0 radical (unpaired) electrons. The molecule has 0 aromatic heterocycles. The number of hydrogen-bond donors (Lipinski definition) is 1. The quantitative estimate of drug-likeness (QED) is 0.767. The SMILES string of the molecule is NC(c1cccc(OC2CC2)c1)c1cc(Cl)ccc1I. The molecule has 1 saturated carbocycles. The first-order chi connectivity index (χ1) is 9.63. The van der Waals surface area contributed by atoms with Gasteiger partial charge in [-0.2, -0.15) is 0 Å². The van der Waals surface area contributed by atoms with E-state index in [0.717, 1.165) is 33.3 Å². The summed E-state index contributed by atoms with van der Waals surface area (Å²) in [6.07, 6.45) is 2.71. The molecule has 2 nitrogen and oxygen atoms in total. The van der Waals surface area contributed by atoms with Gasteiger partial charge in [0.25, 0.3) is 0 Å². The van der Waals surface area contributed by atoms with Crippen molar-refractivity contribution in [2.45, 2.75) is 25.0 Å². The van der Waals surface area contributed by atoms with Gasteiger partial charge >= 0.3 is 0 Å². The van der Waals surface area contributed by atoms with Gasteiger partial charge in [-0.05, 0) is 76.9 Å². The molecule has 1 aliphatic carbocycles. The molecule has 2 aromatic rings. The third-order valence-electron chi connectivity index (χ3n) is 3.34. The Morgan fingerprint density at radius 1 is 1.20 bits per heavy atom. The van der Waals surface area contributed by atoms with Crippen LogP contribution >= 0.6 is 34.2 Å². The van der Waals surface area contributed by atoms with Crippen molar-refractivity contribution in [3.63, 3.8) is 0 Å². The molecule has 0 heterocycles. The van der Waals surface area contributed by atoms with E-state index in [2.05, 4.69) is 22.6 Å². The fraction of sp³-hybridized carbons (Fsp3) is 0.250. The van der Waals surface area contributed by atoms with E-state index in [0.29, 0.717) is 11.1 Å². The number of ether oxygens (including phenoxy) is 1. The van der Waals surface area contributed by atoms with Crippen molar-refractivity contribution >= 4 is 34.2 Å². The van der Waals surface area contributed by atoms with Crippen LogP contribution in [0.15, 0.2) is 42.5 Å². The van der Waals surface area contributed by atoms with Gasteiger partial charge in [0.15, 0.2) is 0 Å². The standard InChI is InChI=1S/C16H15ClINO/c17-11-4-7-15(18)14(9-11)16(19)10-2-1-3-13(8-10)20-12-5-6-12/h1-4,7-9,12,16H,5-6,19H2. The van der Waals surface area contributed by atoms with Gasteiger partial charge in [0.2, 0.25) is 0 Å². The lowest BCUT2D eigenvalue weighted by Gasteiger charge is -2.16. The monoisotopic (exact) mass is 399 g/mol. The molecule has 20 heavy (non-hydrogen) atoms. The van der Waals surface area contributed by atoms with E-state index in [9.17, 15) is 0 Å². The Balaban J connectivity index is 1.88. The van der Waals surface area contributed by atoms with Crippen LogP contribution in [0.3, 0.4) is 0 Å². The topological polar surface area (TPSA) is 35.2 Å². The van der Waals surface area contributed by atoms with Crippen LogP contribution in [0.5, 0.6) is 5.75 Å². The molecule has 1 atom stereocenters. The highest BCUT2D eigenvalue weighted by Gasteiger charge is 2.23. The maximum absolute atomic E-state index is 6.38. The van der Waals surface area contributed by atoms with Gasteiger partial charge in [-0.15, -0.1) is 0 Å². The summed E-state index contributed by atoms with van der Waals surface area (Å²) >= 11 is 8.36. The van der Waals surface area contributed by atoms with Crippen molar-refractivity contribution in [2.24, 2.45) is 5.73 Å². The van der Waals surface area contributed by atoms with Crippen LogP contribution in [0, 0.1) is 3.57 Å². The summed E-state index contributed by atoms with van der Waals surface area (Å²) in [5.74, 6) is 0.900. The summed E-state index contributed by atoms with van der Waals surface area (Å²) in [5.41, 5.74) is 8.47. The zero-order valence-corrected chi connectivity index (χ0v) is 13.8. The number of rotatable bonds is 4. The fourth-order valence-corrected chi connectivity index (χ4v) is 2.94. The third-order valence-corrected chi connectivity index (χ3v) is 4.55.